The van der Waals surface area contributed by atoms with Crippen molar-refractivity contribution in [1.29, 1.82) is 0 Å². The fraction of sp³-hybridized carbons (Fsp3) is 0.316. The second kappa shape index (κ2) is 8.82. The molecule has 0 atom stereocenters. The number of nitrogens with two attached hydrogens (primary N) is 1. The van der Waals surface area contributed by atoms with Crippen molar-refractivity contribution >= 4 is 17.3 Å². The number of nitrogen functional groups attached to an aromatic ring is 1. The summed E-state index contributed by atoms with van der Waals surface area (Å²) in [6.45, 7) is 4.95. The quantitative estimate of drug-likeness (QED) is 0.726. The third-order valence-corrected chi connectivity index (χ3v) is 3.48. The summed E-state index contributed by atoms with van der Waals surface area (Å²) in [7, 11) is 0. The minimum atomic E-state index is -0.0605. The fourth-order valence-corrected chi connectivity index (χ4v) is 2.36. The number of nitrogens with one attached hydrogen (secondary N) is 1. The Kier molecular flexibility index (Phi) is 6.49. The molecule has 24 heavy (non-hydrogen) atoms. The first-order valence-electron chi connectivity index (χ1n) is 8.17. The molecule has 0 fully saturated rings. The maximum atomic E-state index is 12.2. The van der Waals surface area contributed by atoms with Crippen LogP contribution < -0.4 is 20.5 Å². The lowest BCUT2D eigenvalue weighted by atomic mass is 10.1. The Morgan fingerprint density at radius 1 is 1.04 bits per heavy atom. The molecule has 0 aliphatic carbocycles. The predicted molar refractivity (Wildman–Crippen MR) is 96.6 cm³/mol. The van der Waals surface area contributed by atoms with Crippen LogP contribution in [0.15, 0.2) is 42.5 Å². The van der Waals surface area contributed by atoms with Crippen molar-refractivity contribution in [2.75, 3.05) is 24.3 Å². The van der Waals surface area contributed by atoms with Crippen molar-refractivity contribution in [2.45, 2.75) is 26.7 Å². The van der Waals surface area contributed by atoms with E-state index in [0.717, 1.165) is 5.56 Å². The summed E-state index contributed by atoms with van der Waals surface area (Å²) in [6.07, 6.45) is 0.979. The molecule has 5 nitrogen and oxygen atoms in total. The number of ether oxygens (including phenoxy) is 2. The second-order valence-corrected chi connectivity index (χ2v) is 5.28. The lowest BCUT2D eigenvalue weighted by Gasteiger charge is -2.12. The molecule has 0 saturated carbocycles. The van der Waals surface area contributed by atoms with Gasteiger partial charge in [0, 0.05) is 6.42 Å². The maximum absolute atomic E-state index is 12.2. The van der Waals surface area contributed by atoms with E-state index in [9.17, 15) is 4.79 Å². The Labute approximate surface area is 142 Å². The highest BCUT2D eigenvalue weighted by Gasteiger charge is 2.08. The zero-order valence-corrected chi connectivity index (χ0v) is 14.2. The van der Waals surface area contributed by atoms with Crippen molar-refractivity contribution in [1.82, 2.24) is 0 Å². The highest BCUT2D eigenvalue weighted by Crippen LogP contribution is 2.25. The van der Waals surface area contributed by atoms with Gasteiger partial charge in [-0.3, -0.25) is 4.79 Å². The fourth-order valence-electron chi connectivity index (χ4n) is 2.36. The third kappa shape index (κ3) is 4.91. The smallest absolute Gasteiger partial charge is 0.224 e. The normalized spacial score (nSPS) is 10.2. The lowest BCUT2D eigenvalue weighted by molar-refractivity contribution is -0.116. The SMILES string of the molecule is CCOc1ccc(CCC(=O)Nc2ccccc2OCC)cc1N. The predicted octanol–water partition coefficient (Wildman–Crippen LogP) is 3.64. The first-order chi connectivity index (χ1) is 11.6. The molecule has 128 valence electrons. The summed E-state index contributed by atoms with van der Waals surface area (Å²) in [4.78, 5) is 12.2. The lowest BCUT2D eigenvalue weighted by Crippen LogP contribution is -2.13. The van der Waals surface area contributed by atoms with Gasteiger partial charge in [0.1, 0.15) is 11.5 Å². The number of hydrogen-bond acceptors (Lipinski definition) is 4. The number of hydrogen-bond donors (Lipinski definition) is 2. The minimum absolute atomic E-state index is 0.0605. The van der Waals surface area contributed by atoms with Gasteiger partial charge in [-0.05, 0) is 50.1 Å². The molecule has 5 heteroatoms. The largest absolute Gasteiger partial charge is 0.492 e. The number of aryl methyl sites for hydroxylation is 1. The number of benzene rings is 2. The average Bonchev–Trinajstić information content (AvgIpc) is 2.57. The zero-order chi connectivity index (χ0) is 17.4. The van der Waals surface area contributed by atoms with Gasteiger partial charge in [0.2, 0.25) is 5.91 Å². The van der Waals surface area contributed by atoms with E-state index in [1.54, 1.807) is 0 Å². The van der Waals surface area contributed by atoms with Gasteiger partial charge in [-0.25, -0.2) is 0 Å². The first-order valence-corrected chi connectivity index (χ1v) is 8.17. The molecule has 2 aromatic rings. The van der Waals surface area contributed by atoms with Crippen LogP contribution in [0.3, 0.4) is 0 Å². The third-order valence-electron chi connectivity index (χ3n) is 3.48. The van der Waals surface area contributed by atoms with Crippen LogP contribution in [0, 0.1) is 0 Å². The summed E-state index contributed by atoms with van der Waals surface area (Å²) in [5.41, 5.74) is 8.24. The molecular formula is C19H24N2O3. The van der Waals surface area contributed by atoms with Crippen LogP contribution in [0.25, 0.3) is 0 Å². The highest BCUT2D eigenvalue weighted by atomic mass is 16.5. The molecule has 0 aliphatic heterocycles. The van der Waals surface area contributed by atoms with Crippen LogP contribution in [0.4, 0.5) is 11.4 Å². The van der Waals surface area contributed by atoms with Crippen LogP contribution in [0.2, 0.25) is 0 Å². The van der Waals surface area contributed by atoms with Crippen LogP contribution >= 0.6 is 0 Å². The first kappa shape index (κ1) is 17.7. The molecule has 1 amide bonds. The van der Waals surface area contributed by atoms with Gasteiger partial charge in [0.05, 0.1) is 24.6 Å². The number of rotatable bonds is 8. The Balaban J connectivity index is 1.93. The van der Waals surface area contributed by atoms with Gasteiger partial charge in [-0.15, -0.1) is 0 Å². The minimum Gasteiger partial charge on any atom is -0.492 e. The number of carbonyl (C=O) groups is 1. The van der Waals surface area contributed by atoms with Gasteiger partial charge in [-0.1, -0.05) is 18.2 Å². The molecule has 0 unspecified atom stereocenters. The van der Waals surface area contributed by atoms with E-state index in [2.05, 4.69) is 5.32 Å². The molecule has 0 aliphatic rings. The van der Waals surface area contributed by atoms with Gasteiger partial charge >= 0.3 is 0 Å². The number of carbonyl (C=O) groups excluding carboxylic acids is 1. The Morgan fingerprint density at radius 3 is 2.46 bits per heavy atom. The molecule has 0 spiro atoms. The number of amides is 1. The van der Waals surface area contributed by atoms with Crippen LogP contribution in [0.1, 0.15) is 25.8 Å². The molecular weight excluding hydrogens is 304 g/mol. The van der Waals surface area contributed by atoms with Gasteiger partial charge < -0.3 is 20.5 Å². The van der Waals surface area contributed by atoms with Crippen LogP contribution in [0.5, 0.6) is 11.5 Å². The standard InChI is InChI=1S/C19H24N2O3/c1-3-23-17-11-9-14(13-15(17)20)10-12-19(22)21-16-7-5-6-8-18(16)24-4-2/h5-9,11,13H,3-4,10,12,20H2,1-2H3,(H,21,22). The van der Waals surface area contributed by atoms with Crippen molar-refractivity contribution in [3.63, 3.8) is 0 Å². The Hall–Kier alpha value is -2.69. The van der Waals surface area contributed by atoms with Gasteiger partial charge in [0.25, 0.3) is 0 Å². The topological polar surface area (TPSA) is 73.6 Å². The van der Waals surface area contributed by atoms with Crippen LogP contribution in [-0.4, -0.2) is 19.1 Å². The molecule has 3 N–H and O–H groups in total. The van der Waals surface area contributed by atoms with E-state index in [4.69, 9.17) is 15.2 Å². The highest BCUT2D eigenvalue weighted by molar-refractivity contribution is 5.92. The van der Waals surface area contributed by atoms with E-state index in [1.165, 1.54) is 0 Å². The van der Waals surface area contributed by atoms with Crippen molar-refractivity contribution in [3.05, 3.63) is 48.0 Å². The molecule has 0 saturated heterocycles. The molecule has 0 radical (unpaired) electrons. The number of anilines is 2. The molecule has 0 bridgehead atoms. The number of para-hydroxylation sites is 2. The summed E-state index contributed by atoms with van der Waals surface area (Å²) in [6, 6.07) is 13.0. The van der Waals surface area contributed by atoms with Crippen molar-refractivity contribution < 1.29 is 14.3 Å². The van der Waals surface area contributed by atoms with E-state index < -0.39 is 0 Å². The molecule has 0 heterocycles. The second-order valence-electron chi connectivity index (χ2n) is 5.28. The van der Waals surface area contributed by atoms with Crippen molar-refractivity contribution in [3.8, 4) is 11.5 Å². The molecule has 2 aromatic carbocycles. The monoisotopic (exact) mass is 328 g/mol. The maximum Gasteiger partial charge on any atom is 0.224 e. The van der Waals surface area contributed by atoms with Gasteiger partial charge in [0.15, 0.2) is 0 Å². The Morgan fingerprint density at radius 2 is 1.75 bits per heavy atom. The van der Waals surface area contributed by atoms with E-state index in [0.29, 0.717) is 48.9 Å². The van der Waals surface area contributed by atoms with Crippen molar-refractivity contribution in [2.24, 2.45) is 0 Å². The van der Waals surface area contributed by atoms with E-state index >= 15 is 0 Å². The zero-order valence-electron chi connectivity index (χ0n) is 14.2. The Bertz CT molecular complexity index is 686. The molecule has 2 rings (SSSR count). The summed E-state index contributed by atoms with van der Waals surface area (Å²) in [5.74, 6) is 1.30. The van der Waals surface area contributed by atoms with E-state index in [-0.39, 0.29) is 5.91 Å². The molecule has 0 aromatic heterocycles. The van der Waals surface area contributed by atoms with Crippen LogP contribution in [-0.2, 0) is 11.2 Å². The summed E-state index contributed by atoms with van der Waals surface area (Å²) in [5, 5.41) is 2.89. The summed E-state index contributed by atoms with van der Waals surface area (Å²) >= 11 is 0. The summed E-state index contributed by atoms with van der Waals surface area (Å²) < 4.78 is 10.9. The van der Waals surface area contributed by atoms with Gasteiger partial charge in [-0.2, -0.15) is 0 Å². The average molecular weight is 328 g/mol. The van der Waals surface area contributed by atoms with E-state index in [1.807, 2.05) is 56.3 Å².